The fraction of sp³-hybridized carbons (Fsp3) is 0. The van der Waals surface area contributed by atoms with Gasteiger partial charge >= 0.3 is 16.5 Å². The first-order chi connectivity index (χ1) is 4.50. The van der Waals surface area contributed by atoms with Gasteiger partial charge in [0.15, 0.2) is 0 Å². The Morgan fingerprint density at radius 2 is 1.82 bits per heavy atom. The van der Waals surface area contributed by atoms with E-state index in [9.17, 15) is 0 Å². The summed E-state index contributed by atoms with van der Waals surface area (Å²) in [5, 5.41) is 0. The molecule has 1 rings (SSSR count). The van der Waals surface area contributed by atoms with Gasteiger partial charge in [-0.1, -0.05) is 0 Å². The first kappa shape index (κ1) is 13.4. The molecular formula is C3H4N2NiO4P. The summed E-state index contributed by atoms with van der Waals surface area (Å²) in [6, 6.07) is 0. The van der Waals surface area contributed by atoms with Crippen LogP contribution in [0.4, 0.5) is 0 Å². The molecule has 0 saturated heterocycles. The molecule has 0 atom stereocenters. The number of nitrogens with zero attached hydrogens (tertiary/aromatic N) is 1. The number of aromatic amines is 1. The van der Waals surface area contributed by atoms with Gasteiger partial charge in [-0.25, -0.2) is 4.98 Å². The molecule has 0 unspecified atom stereocenters. The van der Waals surface area contributed by atoms with E-state index in [4.69, 9.17) is 19.2 Å². The third-order valence-electron chi connectivity index (χ3n) is 0.406. The van der Waals surface area contributed by atoms with Crippen molar-refractivity contribution in [3.05, 3.63) is 18.7 Å². The summed E-state index contributed by atoms with van der Waals surface area (Å²) in [6.45, 7) is 0. The van der Waals surface area contributed by atoms with Gasteiger partial charge in [-0.2, -0.15) is 7.82 Å². The molecule has 0 amide bonds. The van der Waals surface area contributed by atoms with Crippen molar-refractivity contribution in [1.29, 1.82) is 0 Å². The Kier molecular flexibility index (Phi) is 7.95. The van der Waals surface area contributed by atoms with Gasteiger partial charge in [0.2, 0.25) is 0 Å². The quantitative estimate of drug-likeness (QED) is 0.387. The van der Waals surface area contributed by atoms with Crippen LogP contribution < -0.4 is 14.7 Å². The van der Waals surface area contributed by atoms with Crippen LogP contribution in [0.15, 0.2) is 18.7 Å². The topological polar surface area (TPSA) is 115 Å². The average molecular weight is 222 g/mol. The zero-order chi connectivity index (χ0) is 8.04. The Morgan fingerprint density at radius 1 is 1.36 bits per heavy atom. The standard InChI is InChI=1S/C3H4N2.Ni.H3O4P/c1-2-5-3-4-1;;1-5(2,3)4/h1-3H,(H,4,5);;(H3,1,2,3,4)/q;+3;/p-3. The molecule has 1 heterocycles. The van der Waals surface area contributed by atoms with Crippen molar-refractivity contribution in [2.24, 2.45) is 0 Å². The molecule has 0 spiro atoms. The van der Waals surface area contributed by atoms with Crippen LogP contribution in [0.1, 0.15) is 0 Å². The normalized spacial score (nSPS) is 9.00. The van der Waals surface area contributed by atoms with Crippen molar-refractivity contribution in [2.75, 3.05) is 0 Å². The van der Waals surface area contributed by atoms with E-state index in [0.29, 0.717) is 0 Å². The van der Waals surface area contributed by atoms with E-state index in [1.807, 2.05) is 0 Å². The third kappa shape index (κ3) is 25.9. The summed E-state index contributed by atoms with van der Waals surface area (Å²) in [5.74, 6) is 0. The van der Waals surface area contributed by atoms with E-state index >= 15 is 0 Å². The smallest absolute Gasteiger partial charge is 0.822 e. The second-order valence-corrected chi connectivity index (χ2v) is 2.10. The maximum atomic E-state index is 8.55. The van der Waals surface area contributed by atoms with Crippen molar-refractivity contribution in [3.63, 3.8) is 0 Å². The number of H-pyrrole nitrogens is 1. The van der Waals surface area contributed by atoms with Crippen LogP contribution in [-0.4, -0.2) is 9.97 Å². The minimum atomic E-state index is -5.39. The molecule has 11 heavy (non-hydrogen) atoms. The van der Waals surface area contributed by atoms with Gasteiger partial charge in [0.1, 0.15) is 0 Å². The van der Waals surface area contributed by atoms with Crippen molar-refractivity contribution >= 4 is 7.82 Å². The van der Waals surface area contributed by atoms with Gasteiger partial charge in [0.25, 0.3) is 0 Å². The van der Waals surface area contributed by atoms with E-state index in [-0.39, 0.29) is 16.5 Å². The van der Waals surface area contributed by atoms with E-state index in [1.165, 1.54) is 0 Å². The van der Waals surface area contributed by atoms with Gasteiger partial charge in [-0.05, 0) is 0 Å². The van der Waals surface area contributed by atoms with E-state index < -0.39 is 7.82 Å². The fourth-order valence-corrected chi connectivity index (χ4v) is 0.215. The number of hydrogen-bond acceptors (Lipinski definition) is 5. The number of phosphoric acid groups is 1. The first-order valence-electron chi connectivity index (χ1n) is 2.16. The van der Waals surface area contributed by atoms with E-state index in [2.05, 4.69) is 9.97 Å². The summed E-state index contributed by atoms with van der Waals surface area (Å²) in [6.07, 6.45) is 5.08. The average Bonchev–Trinajstić information content (AvgIpc) is 2.07. The van der Waals surface area contributed by atoms with Gasteiger partial charge in [0.05, 0.1) is 6.33 Å². The van der Waals surface area contributed by atoms with Crippen LogP contribution in [0, 0.1) is 0 Å². The molecular weight excluding hydrogens is 218 g/mol. The maximum Gasteiger partial charge on any atom is 3.00 e. The Labute approximate surface area is 72.8 Å². The molecule has 8 heteroatoms. The molecule has 0 saturated carbocycles. The number of imidazole rings is 1. The van der Waals surface area contributed by atoms with Crippen molar-refractivity contribution in [2.45, 2.75) is 0 Å². The SMILES string of the molecule is O=P([O-])([O-])[O-].[Ni+3].c1c[nH]cn1. The zero-order valence-corrected chi connectivity index (χ0v) is 6.96. The summed E-state index contributed by atoms with van der Waals surface area (Å²) in [5.41, 5.74) is 0. The Bertz CT molecular complexity index is 172. The van der Waals surface area contributed by atoms with Gasteiger partial charge in [0, 0.05) is 12.4 Å². The van der Waals surface area contributed by atoms with Gasteiger partial charge in [-0.15, -0.1) is 0 Å². The van der Waals surface area contributed by atoms with Crippen LogP contribution in [0.2, 0.25) is 0 Å². The molecule has 0 aliphatic heterocycles. The Balaban J connectivity index is 0. The van der Waals surface area contributed by atoms with Crippen LogP contribution >= 0.6 is 7.82 Å². The number of nitrogens with one attached hydrogen (secondary N) is 1. The van der Waals surface area contributed by atoms with E-state index in [0.717, 1.165) is 0 Å². The van der Waals surface area contributed by atoms with Crippen molar-refractivity contribution < 1.29 is 35.7 Å². The third-order valence-corrected chi connectivity index (χ3v) is 0.406. The Morgan fingerprint density at radius 3 is 1.91 bits per heavy atom. The van der Waals surface area contributed by atoms with E-state index in [1.54, 1.807) is 18.7 Å². The summed E-state index contributed by atoms with van der Waals surface area (Å²) < 4.78 is 8.55. The largest absolute Gasteiger partial charge is 3.00 e. The Hall–Kier alpha value is -0.186. The zero-order valence-electron chi connectivity index (χ0n) is 5.08. The molecule has 65 valence electrons. The molecule has 0 aromatic carbocycles. The maximum absolute atomic E-state index is 8.55. The van der Waals surface area contributed by atoms with Crippen LogP contribution in [0.3, 0.4) is 0 Å². The molecule has 0 fully saturated rings. The number of hydrogen-bond donors (Lipinski definition) is 1. The first-order valence-corrected chi connectivity index (χ1v) is 3.62. The molecule has 1 radical (unpaired) electrons. The second-order valence-electron chi connectivity index (χ2n) is 1.21. The summed E-state index contributed by atoms with van der Waals surface area (Å²) in [7, 11) is -5.39. The molecule has 0 aliphatic rings. The van der Waals surface area contributed by atoms with Gasteiger partial charge < -0.3 is 24.2 Å². The minimum Gasteiger partial charge on any atom is -0.822 e. The summed E-state index contributed by atoms with van der Waals surface area (Å²) in [4.78, 5) is 32.1. The predicted octanol–water partition coefficient (Wildman–Crippen LogP) is -2.42. The molecule has 6 nitrogen and oxygen atoms in total. The molecule has 1 N–H and O–H groups in total. The molecule has 0 aliphatic carbocycles. The predicted molar refractivity (Wildman–Crippen MR) is 26.2 cm³/mol. The molecule has 1 aromatic rings. The number of aromatic nitrogens is 2. The van der Waals surface area contributed by atoms with Crippen LogP contribution in [-0.2, 0) is 21.1 Å². The van der Waals surface area contributed by atoms with Crippen molar-refractivity contribution in [1.82, 2.24) is 9.97 Å². The number of rotatable bonds is 0. The second kappa shape index (κ2) is 6.52. The van der Waals surface area contributed by atoms with Gasteiger partial charge in [-0.3, -0.25) is 0 Å². The monoisotopic (exact) mass is 221 g/mol. The fourth-order valence-electron chi connectivity index (χ4n) is 0.215. The minimum absolute atomic E-state index is 0. The molecule has 0 bridgehead atoms. The van der Waals surface area contributed by atoms with Crippen LogP contribution in [0.5, 0.6) is 0 Å². The molecule has 1 aromatic heterocycles. The summed E-state index contributed by atoms with van der Waals surface area (Å²) >= 11 is 0. The van der Waals surface area contributed by atoms with Crippen LogP contribution in [0.25, 0.3) is 0 Å². The van der Waals surface area contributed by atoms with Crippen molar-refractivity contribution in [3.8, 4) is 0 Å².